The number of nitrogens with zero attached hydrogens (tertiary/aromatic N) is 3. The molecule has 146 valence electrons. The number of anilines is 2. The summed E-state index contributed by atoms with van der Waals surface area (Å²) in [6.07, 6.45) is 0.486. The highest BCUT2D eigenvalue weighted by Gasteiger charge is 2.20. The van der Waals surface area contributed by atoms with Crippen LogP contribution in [-0.4, -0.2) is 39.4 Å². The van der Waals surface area contributed by atoms with Gasteiger partial charge in [-0.3, -0.25) is 0 Å². The van der Waals surface area contributed by atoms with E-state index in [1.807, 2.05) is 19.1 Å². The van der Waals surface area contributed by atoms with E-state index < -0.39 is 6.10 Å². The SMILES string of the molecule is Cc1nc(N[C@H](CO)C(C)C)cc(N2CCc3cc([C@H](C)O)ccc3C2)n1. The molecular formula is C21H30N4O2. The van der Waals surface area contributed by atoms with Gasteiger partial charge in [0.2, 0.25) is 0 Å². The molecule has 0 saturated carbocycles. The van der Waals surface area contributed by atoms with Crippen molar-refractivity contribution in [3.05, 3.63) is 46.8 Å². The summed E-state index contributed by atoms with van der Waals surface area (Å²) < 4.78 is 0. The summed E-state index contributed by atoms with van der Waals surface area (Å²) in [5, 5.41) is 22.7. The zero-order valence-electron chi connectivity index (χ0n) is 16.6. The minimum atomic E-state index is -0.438. The lowest BCUT2D eigenvalue weighted by atomic mass is 9.96. The Balaban J connectivity index is 1.81. The number of fused-ring (bicyclic) bond motifs is 1. The van der Waals surface area contributed by atoms with Gasteiger partial charge in [-0.1, -0.05) is 32.0 Å². The second kappa shape index (κ2) is 8.23. The smallest absolute Gasteiger partial charge is 0.134 e. The van der Waals surface area contributed by atoms with Crippen LogP contribution in [-0.2, 0) is 13.0 Å². The van der Waals surface area contributed by atoms with Crippen LogP contribution in [0, 0.1) is 12.8 Å². The van der Waals surface area contributed by atoms with Gasteiger partial charge >= 0.3 is 0 Å². The van der Waals surface area contributed by atoms with Gasteiger partial charge in [-0.25, -0.2) is 9.97 Å². The van der Waals surface area contributed by atoms with Crippen molar-refractivity contribution < 1.29 is 10.2 Å². The Morgan fingerprint density at radius 3 is 2.59 bits per heavy atom. The summed E-state index contributed by atoms with van der Waals surface area (Å²) in [5.41, 5.74) is 3.54. The molecule has 0 aliphatic carbocycles. The van der Waals surface area contributed by atoms with E-state index in [0.29, 0.717) is 11.7 Å². The Bertz CT molecular complexity index is 792. The topological polar surface area (TPSA) is 81.5 Å². The lowest BCUT2D eigenvalue weighted by Gasteiger charge is -2.31. The van der Waals surface area contributed by atoms with Gasteiger partial charge < -0.3 is 20.4 Å². The molecule has 0 unspecified atom stereocenters. The van der Waals surface area contributed by atoms with E-state index in [9.17, 15) is 10.2 Å². The lowest BCUT2D eigenvalue weighted by molar-refractivity contribution is 0.199. The Labute approximate surface area is 161 Å². The van der Waals surface area contributed by atoms with Crippen LogP contribution in [0.25, 0.3) is 0 Å². The standard InChI is InChI=1S/C21H30N4O2/c1-13(2)19(12-26)24-20-10-21(23-15(4)22-20)25-8-7-17-9-16(14(3)27)5-6-18(17)11-25/h5-6,9-10,13-14,19,26-27H,7-8,11-12H2,1-4H3,(H,22,23,24)/t14-,19+/m0/s1. The number of aliphatic hydroxyl groups is 2. The predicted molar refractivity (Wildman–Crippen MR) is 108 cm³/mol. The van der Waals surface area contributed by atoms with Crippen LogP contribution in [0.2, 0.25) is 0 Å². The van der Waals surface area contributed by atoms with Crippen LogP contribution in [0.1, 0.15) is 49.4 Å². The number of benzene rings is 1. The zero-order chi connectivity index (χ0) is 19.6. The zero-order valence-corrected chi connectivity index (χ0v) is 16.6. The fourth-order valence-electron chi connectivity index (χ4n) is 3.43. The molecule has 0 bridgehead atoms. The molecule has 6 heteroatoms. The number of rotatable bonds is 6. The summed E-state index contributed by atoms with van der Waals surface area (Å²) in [7, 11) is 0. The van der Waals surface area contributed by atoms with Gasteiger partial charge in [-0.15, -0.1) is 0 Å². The van der Waals surface area contributed by atoms with Crippen molar-refractivity contribution >= 4 is 11.6 Å². The molecule has 1 aromatic carbocycles. The maximum Gasteiger partial charge on any atom is 0.134 e. The summed E-state index contributed by atoms with van der Waals surface area (Å²) in [4.78, 5) is 11.4. The number of nitrogens with one attached hydrogen (secondary N) is 1. The molecule has 6 nitrogen and oxygen atoms in total. The first kappa shape index (κ1) is 19.6. The van der Waals surface area contributed by atoms with E-state index >= 15 is 0 Å². The molecule has 0 spiro atoms. The molecule has 1 aliphatic rings. The first-order valence-corrected chi connectivity index (χ1v) is 9.65. The Kier molecular flexibility index (Phi) is 5.97. The molecular weight excluding hydrogens is 340 g/mol. The van der Waals surface area contributed by atoms with E-state index in [2.05, 4.69) is 46.2 Å². The number of hydrogen-bond donors (Lipinski definition) is 3. The van der Waals surface area contributed by atoms with Crippen molar-refractivity contribution in [2.45, 2.75) is 52.8 Å². The number of hydrogen-bond acceptors (Lipinski definition) is 6. The molecule has 1 aliphatic heterocycles. The van der Waals surface area contributed by atoms with Crippen molar-refractivity contribution in [3.8, 4) is 0 Å². The predicted octanol–water partition coefficient (Wildman–Crippen LogP) is 2.83. The summed E-state index contributed by atoms with van der Waals surface area (Å²) in [6, 6.07) is 8.15. The van der Waals surface area contributed by atoms with Crippen LogP contribution in [0.15, 0.2) is 24.3 Å². The third-order valence-electron chi connectivity index (χ3n) is 5.21. The normalized spacial score (nSPS) is 16.2. The molecule has 27 heavy (non-hydrogen) atoms. The van der Waals surface area contributed by atoms with Crippen LogP contribution >= 0.6 is 0 Å². The number of aromatic nitrogens is 2. The highest BCUT2D eigenvalue weighted by atomic mass is 16.3. The fourth-order valence-corrected chi connectivity index (χ4v) is 3.43. The average Bonchev–Trinajstić information content (AvgIpc) is 2.64. The van der Waals surface area contributed by atoms with Gasteiger partial charge in [-0.05, 0) is 42.9 Å². The lowest BCUT2D eigenvalue weighted by Crippen LogP contribution is -2.32. The van der Waals surface area contributed by atoms with Gasteiger partial charge in [0.1, 0.15) is 17.5 Å². The average molecular weight is 370 g/mol. The molecule has 0 saturated heterocycles. The molecule has 2 heterocycles. The minimum Gasteiger partial charge on any atom is -0.394 e. The Morgan fingerprint density at radius 1 is 1.15 bits per heavy atom. The van der Waals surface area contributed by atoms with Crippen LogP contribution in [0.5, 0.6) is 0 Å². The number of aliphatic hydroxyl groups excluding tert-OH is 2. The van der Waals surface area contributed by atoms with Crippen molar-refractivity contribution in [2.24, 2.45) is 5.92 Å². The molecule has 0 amide bonds. The van der Waals surface area contributed by atoms with E-state index in [4.69, 9.17) is 0 Å². The van der Waals surface area contributed by atoms with E-state index in [0.717, 1.165) is 36.7 Å². The van der Waals surface area contributed by atoms with Gasteiger partial charge in [-0.2, -0.15) is 0 Å². The van der Waals surface area contributed by atoms with Crippen molar-refractivity contribution in [2.75, 3.05) is 23.4 Å². The van der Waals surface area contributed by atoms with Crippen LogP contribution in [0.3, 0.4) is 0 Å². The highest BCUT2D eigenvalue weighted by molar-refractivity contribution is 5.52. The second-order valence-corrected chi connectivity index (χ2v) is 7.71. The summed E-state index contributed by atoms with van der Waals surface area (Å²) >= 11 is 0. The molecule has 0 radical (unpaired) electrons. The third kappa shape index (κ3) is 4.57. The fraction of sp³-hybridized carbons (Fsp3) is 0.524. The molecule has 2 aromatic rings. The summed E-state index contributed by atoms with van der Waals surface area (Å²) in [6.45, 7) is 9.58. The molecule has 3 rings (SSSR count). The molecule has 2 atom stereocenters. The van der Waals surface area contributed by atoms with Gasteiger partial charge in [0.25, 0.3) is 0 Å². The molecule has 0 fully saturated rings. The highest BCUT2D eigenvalue weighted by Crippen LogP contribution is 2.27. The number of aryl methyl sites for hydroxylation is 1. The summed E-state index contributed by atoms with van der Waals surface area (Å²) in [5.74, 6) is 2.67. The van der Waals surface area contributed by atoms with Crippen molar-refractivity contribution in [3.63, 3.8) is 0 Å². The van der Waals surface area contributed by atoms with Crippen LogP contribution in [0.4, 0.5) is 11.6 Å². The van der Waals surface area contributed by atoms with Crippen molar-refractivity contribution in [1.29, 1.82) is 0 Å². The Morgan fingerprint density at radius 2 is 1.93 bits per heavy atom. The van der Waals surface area contributed by atoms with E-state index in [-0.39, 0.29) is 12.6 Å². The monoisotopic (exact) mass is 370 g/mol. The largest absolute Gasteiger partial charge is 0.394 e. The van der Waals surface area contributed by atoms with Crippen LogP contribution < -0.4 is 10.2 Å². The quantitative estimate of drug-likeness (QED) is 0.725. The Hall–Kier alpha value is -2.18. The van der Waals surface area contributed by atoms with E-state index in [1.54, 1.807) is 6.92 Å². The van der Waals surface area contributed by atoms with Gasteiger partial charge in [0.05, 0.1) is 18.8 Å². The van der Waals surface area contributed by atoms with Gasteiger partial charge in [0, 0.05) is 19.2 Å². The first-order valence-electron chi connectivity index (χ1n) is 9.65. The maximum absolute atomic E-state index is 9.80. The molecule has 1 aromatic heterocycles. The second-order valence-electron chi connectivity index (χ2n) is 7.71. The minimum absolute atomic E-state index is 0.0341. The van der Waals surface area contributed by atoms with E-state index in [1.165, 1.54) is 11.1 Å². The molecule has 3 N–H and O–H groups in total. The van der Waals surface area contributed by atoms with Gasteiger partial charge in [0.15, 0.2) is 0 Å². The third-order valence-corrected chi connectivity index (χ3v) is 5.21. The first-order chi connectivity index (χ1) is 12.9. The maximum atomic E-state index is 9.80. The van der Waals surface area contributed by atoms with Crippen molar-refractivity contribution in [1.82, 2.24) is 9.97 Å².